The van der Waals surface area contributed by atoms with Crippen molar-refractivity contribution in [3.05, 3.63) is 24.3 Å². The topological polar surface area (TPSA) is 24.4 Å². The van der Waals surface area contributed by atoms with Crippen LogP contribution in [-0.4, -0.2) is 7.98 Å². The first-order valence-corrected chi connectivity index (χ1v) is 6.95. The molecule has 1 aromatic rings. The second kappa shape index (κ2) is 4.15. The average Bonchev–Trinajstić information content (AvgIpc) is 2.16. The Balaban J connectivity index is 2.41. The van der Waals surface area contributed by atoms with Crippen LogP contribution < -0.4 is 4.72 Å². The van der Waals surface area contributed by atoms with E-state index in [0.717, 1.165) is 16.4 Å². The normalized spacial score (nSPS) is 15.5. The molecule has 14 heavy (non-hydrogen) atoms. The predicted molar refractivity (Wildman–Crippen MR) is 72.0 cm³/mol. The summed E-state index contributed by atoms with van der Waals surface area (Å²) >= 11 is 11.8. The molecule has 6 heteroatoms. The van der Waals surface area contributed by atoms with Crippen LogP contribution in [0.2, 0.25) is 0 Å². The Labute approximate surface area is 111 Å². The Hall–Kier alpha value is 0.480. The van der Waals surface area contributed by atoms with E-state index in [1.54, 1.807) is 11.9 Å². The Morgan fingerprint density at radius 3 is 2.64 bits per heavy atom. The molecule has 0 amide bonds. The van der Waals surface area contributed by atoms with E-state index in [-0.39, 0.29) is 0 Å². The van der Waals surface area contributed by atoms with Gasteiger partial charge < -0.3 is 4.72 Å². The summed E-state index contributed by atoms with van der Waals surface area (Å²) in [5, 5.41) is 0. The van der Waals surface area contributed by atoms with Crippen LogP contribution in [-0.2, 0) is 0 Å². The summed E-state index contributed by atoms with van der Waals surface area (Å²) < 4.78 is 2.66. The summed E-state index contributed by atoms with van der Waals surface area (Å²) in [5.74, 6) is 0.793. The highest BCUT2D eigenvalue weighted by Gasteiger charge is 2.28. The van der Waals surface area contributed by atoms with Gasteiger partial charge in [-0.3, -0.25) is 0 Å². The minimum atomic E-state index is -0.479. The first-order chi connectivity index (χ1) is 6.57. The molecule has 1 aliphatic heterocycles. The maximum atomic E-state index is 4.46. The van der Waals surface area contributed by atoms with Crippen molar-refractivity contribution in [2.75, 3.05) is 0 Å². The summed E-state index contributed by atoms with van der Waals surface area (Å²) in [6.45, 7) is 0. The van der Waals surface area contributed by atoms with E-state index >= 15 is 0 Å². The Bertz CT molecular complexity index is 386. The van der Waals surface area contributed by atoms with Crippen LogP contribution in [0.1, 0.15) is 0 Å². The lowest BCUT2D eigenvalue weighted by molar-refractivity contribution is 1.26. The van der Waals surface area contributed by atoms with Gasteiger partial charge in [0.25, 0.3) is 0 Å². The van der Waals surface area contributed by atoms with E-state index in [0.29, 0.717) is 0 Å². The van der Waals surface area contributed by atoms with Gasteiger partial charge in [0.1, 0.15) is 0 Å². The molecule has 0 atom stereocenters. The second-order valence-corrected chi connectivity index (χ2v) is 10.2. The molecule has 0 radical (unpaired) electrons. The van der Waals surface area contributed by atoms with Gasteiger partial charge in [0.2, 0.25) is 0 Å². The van der Waals surface area contributed by atoms with Crippen molar-refractivity contribution in [3.8, 4) is 0 Å². The lowest BCUT2D eigenvalue weighted by Gasteiger charge is -2.21. The number of alkyl halides is 3. The summed E-state index contributed by atoms with van der Waals surface area (Å²) in [4.78, 5) is 5.59. The maximum Gasteiger partial charge on any atom is 0.192 e. The number of rotatable bonds is 0. The number of amidine groups is 1. The molecule has 0 saturated carbocycles. The summed E-state index contributed by atoms with van der Waals surface area (Å²) in [7, 11) is 0. The third kappa shape index (κ3) is 2.35. The lowest BCUT2D eigenvalue weighted by Crippen LogP contribution is -2.30. The van der Waals surface area contributed by atoms with Crippen molar-refractivity contribution in [2.24, 2.45) is 4.99 Å². The van der Waals surface area contributed by atoms with Crippen molar-refractivity contribution in [2.45, 2.75) is 7.04 Å². The zero-order valence-corrected chi connectivity index (χ0v) is 12.4. The molecule has 0 spiro atoms. The smallest absolute Gasteiger partial charge is 0.192 e. The zero-order chi connectivity index (χ0) is 10.2. The van der Waals surface area contributed by atoms with Crippen LogP contribution in [0.15, 0.2) is 34.2 Å². The van der Waals surface area contributed by atoms with Gasteiger partial charge in [-0.1, -0.05) is 59.9 Å². The SMILES string of the molecule is BrC(Br)(Br)C1=Nc2ccccc2SN1. The Morgan fingerprint density at radius 1 is 1.21 bits per heavy atom. The molecule has 0 aliphatic carbocycles. The van der Waals surface area contributed by atoms with Gasteiger partial charge in [0.15, 0.2) is 7.98 Å². The number of hydrogen-bond acceptors (Lipinski definition) is 3. The predicted octanol–water partition coefficient (Wildman–Crippen LogP) is 4.17. The van der Waals surface area contributed by atoms with Crippen molar-refractivity contribution in [3.63, 3.8) is 0 Å². The van der Waals surface area contributed by atoms with E-state index in [4.69, 9.17) is 0 Å². The molecule has 74 valence electrons. The number of aliphatic imine (C=N–C) groups is 1. The van der Waals surface area contributed by atoms with Crippen LogP contribution in [0.4, 0.5) is 5.69 Å². The maximum absolute atomic E-state index is 4.46. The Morgan fingerprint density at radius 2 is 1.93 bits per heavy atom. The first-order valence-electron chi connectivity index (χ1n) is 3.75. The summed E-state index contributed by atoms with van der Waals surface area (Å²) in [6, 6.07) is 8.00. The van der Waals surface area contributed by atoms with Crippen molar-refractivity contribution >= 4 is 71.3 Å². The number of nitrogens with zero attached hydrogens (tertiary/aromatic N) is 1. The van der Waals surface area contributed by atoms with Crippen LogP contribution in [0.5, 0.6) is 0 Å². The minimum Gasteiger partial charge on any atom is -0.311 e. The van der Waals surface area contributed by atoms with E-state index in [2.05, 4.69) is 57.5 Å². The van der Waals surface area contributed by atoms with Crippen molar-refractivity contribution in [1.82, 2.24) is 4.72 Å². The fraction of sp³-hybridized carbons (Fsp3) is 0.125. The van der Waals surface area contributed by atoms with E-state index < -0.39 is 2.14 Å². The first kappa shape index (κ1) is 11.0. The van der Waals surface area contributed by atoms with Crippen molar-refractivity contribution in [1.29, 1.82) is 0 Å². The molecule has 2 nitrogen and oxygen atoms in total. The number of hydrogen-bond donors (Lipinski definition) is 1. The van der Waals surface area contributed by atoms with Gasteiger partial charge in [-0.25, -0.2) is 4.99 Å². The number of benzene rings is 1. The lowest BCUT2D eigenvalue weighted by atomic mass is 10.3. The standard InChI is InChI=1S/C8H5Br3N2S/c9-8(10,11)7-12-5-3-1-2-4-6(5)14-13-7/h1-4H,(H,12,13). The molecule has 0 fully saturated rings. The molecule has 1 aliphatic rings. The van der Waals surface area contributed by atoms with E-state index in [9.17, 15) is 0 Å². The number of nitrogens with one attached hydrogen (secondary N) is 1. The van der Waals surface area contributed by atoms with Crippen LogP contribution in [0.3, 0.4) is 0 Å². The largest absolute Gasteiger partial charge is 0.311 e. The molecule has 1 aromatic carbocycles. The van der Waals surface area contributed by atoms with Gasteiger partial charge in [-0.05, 0) is 24.1 Å². The third-order valence-electron chi connectivity index (χ3n) is 1.62. The van der Waals surface area contributed by atoms with Crippen LogP contribution in [0.25, 0.3) is 0 Å². The monoisotopic (exact) mass is 398 g/mol. The Kier molecular flexibility index (Phi) is 3.26. The average molecular weight is 401 g/mol. The van der Waals surface area contributed by atoms with E-state index in [1.807, 2.05) is 24.3 Å². The molecular weight excluding hydrogens is 396 g/mol. The molecule has 1 N–H and O–H groups in total. The molecular formula is C8H5Br3N2S. The third-order valence-corrected chi connectivity index (χ3v) is 3.61. The second-order valence-electron chi connectivity index (χ2n) is 2.63. The van der Waals surface area contributed by atoms with Gasteiger partial charge in [0, 0.05) is 0 Å². The fourth-order valence-electron chi connectivity index (χ4n) is 1.00. The van der Waals surface area contributed by atoms with Crippen LogP contribution in [0, 0.1) is 0 Å². The highest BCUT2D eigenvalue weighted by molar-refractivity contribution is 9.40. The zero-order valence-electron chi connectivity index (χ0n) is 6.80. The molecule has 1 heterocycles. The fourth-order valence-corrected chi connectivity index (χ4v) is 2.73. The number of para-hydroxylation sites is 1. The molecule has 0 unspecified atom stereocenters. The van der Waals surface area contributed by atoms with Crippen LogP contribution >= 0.6 is 59.7 Å². The van der Waals surface area contributed by atoms with Gasteiger partial charge >= 0.3 is 0 Å². The summed E-state index contributed by atoms with van der Waals surface area (Å²) in [5.41, 5.74) is 0.981. The van der Waals surface area contributed by atoms with Crippen molar-refractivity contribution < 1.29 is 0 Å². The highest BCUT2D eigenvalue weighted by atomic mass is 80.0. The quantitative estimate of drug-likeness (QED) is 0.522. The summed E-state index contributed by atoms with van der Waals surface area (Å²) in [6.07, 6.45) is 0. The van der Waals surface area contributed by atoms with Gasteiger partial charge in [-0.2, -0.15) is 0 Å². The van der Waals surface area contributed by atoms with Gasteiger partial charge in [0.05, 0.1) is 10.6 Å². The number of halogens is 3. The highest BCUT2D eigenvalue weighted by Crippen LogP contribution is 2.40. The molecule has 0 saturated heterocycles. The molecule has 0 aromatic heterocycles. The van der Waals surface area contributed by atoms with Gasteiger partial charge in [-0.15, -0.1) is 0 Å². The minimum absolute atomic E-state index is 0.479. The molecule has 0 bridgehead atoms. The number of fused-ring (bicyclic) bond motifs is 1. The molecule has 2 rings (SSSR count). The van der Waals surface area contributed by atoms with E-state index in [1.165, 1.54) is 0 Å².